The van der Waals surface area contributed by atoms with Gasteiger partial charge in [-0.25, -0.2) is 9.59 Å². The monoisotopic (exact) mass is 830 g/mol. The predicted molar refractivity (Wildman–Crippen MR) is 227 cm³/mol. The van der Waals surface area contributed by atoms with Crippen molar-refractivity contribution in [1.29, 1.82) is 5.26 Å². The van der Waals surface area contributed by atoms with Crippen LogP contribution < -0.4 is 29.0 Å². The van der Waals surface area contributed by atoms with Gasteiger partial charge in [0.05, 0.1) is 83.2 Å². The Morgan fingerprint density at radius 3 is 1.83 bits per heavy atom. The Bertz CT molecular complexity index is 2040. The summed E-state index contributed by atoms with van der Waals surface area (Å²) < 4.78 is 37.0. The molecular formula is C45H58N4O11. The van der Waals surface area contributed by atoms with Crippen molar-refractivity contribution in [2.45, 2.75) is 58.3 Å². The zero-order chi connectivity index (χ0) is 44.7. The third-order valence-corrected chi connectivity index (χ3v) is 10.7. The highest BCUT2D eigenvalue weighted by molar-refractivity contribution is 6.00. The topological polar surface area (TPSA) is 181 Å². The van der Waals surface area contributed by atoms with E-state index in [1.54, 1.807) is 55.5 Å². The number of nitrogens with one attached hydrogen (secondary N) is 1. The number of rotatable bonds is 18. The van der Waals surface area contributed by atoms with E-state index in [0.717, 1.165) is 49.4 Å². The molecule has 0 fully saturated rings. The first-order valence-electron chi connectivity index (χ1n) is 19.3. The third-order valence-electron chi connectivity index (χ3n) is 10.7. The molecule has 15 heteroatoms. The molecule has 1 aliphatic heterocycles. The Morgan fingerprint density at radius 1 is 0.817 bits per heavy atom. The Morgan fingerprint density at radius 2 is 1.37 bits per heavy atom. The van der Waals surface area contributed by atoms with E-state index in [1.165, 1.54) is 38.0 Å². The second kappa shape index (κ2) is 22.2. The lowest BCUT2D eigenvalue weighted by Gasteiger charge is -2.33. The van der Waals surface area contributed by atoms with Gasteiger partial charge in [-0.1, -0.05) is 38.1 Å². The van der Waals surface area contributed by atoms with E-state index in [9.17, 15) is 25.0 Å². The molecule has 0 spiro atoms. The van der Waals surface area contributed by atoms with Gasteiger partial charge in [-0.2, -0.15) is 5.26 Å². The van der Waals surface area contributed by atoms with Gasteiger partial charge in [0.25, 0.3) is 5.69 Å². The largest absolute Gasteiger partial charge is 0.493 e. The molecule has 15 nitrogen and oxygen atoms in total. The average Bonchev–Trinajstić information content (AvgIpc) is 3.25. The number of nitro groups is 1. The lowest BCUT2D eigenvalue weighted by molar-refractivity contribution is -0.385. The first-order valence-corrected chi connectivity index (χ1v) is 19.3. The zero-order valence-electron chi connectivity index (χ0n) is 36.7. The highest BCUT2D eigenvalue weighted by Crippen LogP contribution is 2.46. The van der Waals surface area contributed by atoms with Crippen LogP contribution in [0.25, 0.3) is 0 Å². The summed E-state index contributed by atoms with van der Waals surface area (Å²) >= 11 is 0. The van der Waals surface area contributed by atoms with Crippen molar-refractivity contribution in [1.82, 2.24) is 10.2 Å². The minimum atomic E-state index is -0.970. The summed E-state index contributed by atoms with van der Waals surface area (Å²) in [6.07, 6.45) is 2.50. The number of benzene rings is 3. The molecule has 0 saturated carbocycles. The number of hydrogen-bond acceptors (Lipinski definition) is 14. The fraction of sp³-hybridized carbons (Fsp3) is 0.444. The summed E-state index contributed by atoms with van der Waals surface area (Å²) in [6, 6.07) is 18.4. The molecule has 4 rings (SSSR count). The quantitative estimate of drug-likeness (QED) is 0.0767. The fourth-order valence-electron chi connectivity index (χ4n) is 7.41. The summed E-state index contributed by atoms with van der Waals surface area (Å²) in [6.45, 7) is 9.26. The number of nitriles is 1. The number of carbonyl (C=O) groups is 2. The normalized spacial score (nSPS) is 13.6. The van der Waals surface area contributed by atoms with Crippen LogP contribution in [-0.2, 0) is 30.9 Å². The fourth-order valence-corrected chi connectivity index (χ4v) is 7.41. The third kappa shape index (κ3) is 10.9. The number of nitrogens with zero attached hydrogens (tertiary/aromatic N) is 3. The van der Waals surface area contributed by atoms with Crippen molar-refractivity contribution in [3.8, 4) is 34.8 Å². The van der Waals surface area contributed by atoms with Gasteiger partial charge in [-0.05, 0) is 88.0 Å². The molecule has 0 saturated heterocycles. The number of methoxy groups -OCH3 is 7. The number of nitro benzene ring substituents is 1. The molecule has 0 amide bonds. The molecule has 3 aromatic carbocycles. The van der Waals surface area contributed by atoms with E-state index < -0.39 is 28.2 Å². The second-order valence-corrected chi connectivity index (χ2v) is 14.4. The number of ether oxygens (including phenoxy) is 7. The van der Waals surface area contributed by atoms with Crippen LogP contribution in [0.5, 0.6) is 28.7 Å². The summed E-state index contributed by atoms with van der Waals surface area (Å²) in [5.41, 5.74) is 2.60. The maximum Gasteiger partial charge on any atom is 0.336 e. The Balaban J connectivity index is 0.000000338. The van der Waals surface area contributed by atoms with Crippen LogP contribution in [0.2, 0.25) is 0 Å². The SMILES string of the molecule is COC(=O)C1=C(C)NC(C)=C(C(=O)OC)C1c1ccccc1[N+](=O)[O-].COc1ccc(CCN(C)CCCC(C#N)(c2cc(OC)c(OC)c(OC)c2)C(C)C)cc1OC. The van der Waals surface area contributed by atoms with Gasteiger partial charge in [-0.3, -0.25) is 10.1 Å². The second-order valence-electron chi connectivity index (χ2n) is 14.4. The van der Waals surface area contributed by atoms with E-state index in [-0.39, 0.29) is 28.3 Å². The molecule has 60 heavy (non-hydrogen) atoms. The summed E-state index contributed by atoms with van der Waals surface area (Å²) in [5, 5.41) is 24.8. The van der Waals surface area contributed by atoms with E-state index >= 15 is 0 Å². The van der Waals surface area contributed by atoms with E-state index in [1.807, 2.05) is 24.3 Å². The van der Waals surface area contributed by atoms with Crippen molar-refractivity contribution in [2.75, 3.05) is 69.9 Å². The zero-order valence-corrected chi connectivity index (χ0v) is 36.7. The van der Waals surface area contributed by atoms with Gasteiger partial charge in [-0.15, -0.1) is 0 Å². The highest BCUT2D eigenvalue weighted by atomic mass is 16.6. The van der Waals surface area contributed by atoms with Gasteiger partial charge < -0.3 is 43.4 Å². The van der Waals surface area contributed by atoms with Crippen LogP contribution in [-0.4, -0.2) is 91.7 Å². The van der Waals surface area contributed by atoms with Crippen LogP contribution >= 0.6 is 0 Å². The predicted octanol–water partition coefficient (Wildman–Crippen LogP) is 7.28. The molecule has 0 aliphatic carbocycles. The molecule has 3 aromatic rings. The van der Waals surface area contributed by atoms with Crippen molar-refractivity contribution in [3.63, 3.8) is 0 Å². The van der Waals surface area contributed by atoms with Crippen molar-refractivity contribution >= 4 is 17.6 Å². The summed E-state index contributed by atoms with van der Waals surface area (Å²) in [4.78, 5) is 37.9. The van der Waals surface area contributed by atoms with Crippen molar-refractivity contribution in [2.24, 2.45) is 5.92 Å². The number of para-hydroxylation sites is 1. The van der Waals surface area contributed by atoms with Gasteiger partial charge in [0.2, 0.25) is 5.75 Å². The standard InChI is InChI=1S/C28H40N2O5.C17H18N2O6/c1-20(2)28(19-29,22-17-25(33-6)27(35-8)26(18-22)34-7)13-9-14-30(3)15-12-21-10-11-23(31-4)24(16-21)32-5;1-9-13(16(20)24-3)15(14(10(2)18-9)17(21)25-4)11-7-5-6-8-12(11)19(22)23/h10-11,16-18,20H,9,12-15H2,1-8H3;5-8,15,18H,1-4H3. The minimum absolute atomic E-state index is 0.104. The highest BCUT2D eigenvalue weighted by Gasteiger charge is 2.41. The van der Waals surface area contributed by atoms with Gasteiger partial charge in [0.1, 0.15) is 0 Å². The van der Waals surface area contributed by atoms with Crippen molar-refractivity contribution < 1.29 is 47.7 Å². The molecule has 1 heterocycles. The molecular weight excluding hydrogens is 773 g/mol. The Hall–Kier alpha value is -6.27. The van der Waals surface area contributed by atoms with Crippen LogP contribution in [0.4, 0.5) is 5.69 Å². The Kier molecular flexibility index (Phi) is 17.8. The van der Waals surface area contributed by atoms with E-state index in [4.69, 9.17) is 33.2 Å². The summed E-state index contributed by atoms with van der Waals surface area (Å²) in [5.74, 6) is 0.915. The number of carbonyl (C=O) groups excluding carboxylic acids is 2. The molecule has 0 radical (unpaired) electrons. The number of likely N-dealkylation sites (N-methyl/N-ethyl adjacent to an activating group) is 1. The first kappa shape index (κ1) is 48.1. The average molecular weight is 831 g/mol. The molecule has 1 aliphatic rings. The van der Waals surface area contributed by atoms with Gasteiger partial charge >= 0.3 is 11.9 Å². The first-order chi connectivity index (χ1) is 28.6. The number of allylic oxidation sites excluding steroid dienone is 2. The van der Waals surface area contributed by atoms with Crippen LogP contribution in [0.1, 0.15) is 63.1 Å². The van der Waals surface area contributed by atoms with Crippen LogP contribution in [0.3, 0.4) is 0 Å². The molecule has 1 unspecified atom stereocenters. The van der Waals surface area contributed by atoms with Crippen LogP contribution in [0, 0.1) is 27.4 Å². The maximum absolute atomic E-state index is 12.3. The molecule has 0 aromatic heterocycles. The Labute approximate surface area is 352 Å². The van der Waals surface area contributed by atoms with E-state index in [0.29, 0.717) is 28.6 Å². The van der Waals surface area contributed by atoms with Crippen molar-refractivity contribution in [3.05, 3.63) is 104 Å². The minimum Gasteiger partial charge on any atom is -0.493 e. The number of dihydropyridines is 1. The maximum atomic E-state index is 12.3. The van der Waals surface area contributed by atoms with Gasteiger partial charge in [0, 0.05) is 29.6 Å². The molecule has 1 atom stereocenters. The molecule has 0 bridgehead atoms. The number of hydrogen-bond donors (Lipinski definition) is 1. The van der Waals surface area contributed by atoms with Crippen LogP contribution in [0.15, 0.2) is 77.1 Å². The number of esters is 2. The molecule has 1 N–H and O–H groups in total. The lowest BCUT2D eigenvalue weighted by Crippen LogP contribution is -2.32. The summed E-state index contributed by atoms with van der Waals surface area (Å²) in [7, 11) is 12.6. The molecule has 324 valence electrons. The van der Waals surface area contributed by atoms with Gasteiger partial charge in [0.15, 0.2) is 23.0 Å². The lowest BCUT2D eigenvalue weighted by atomic mass is 9.69. The smallest absolute Gasteiger partial charge is 0.336 e. The van der Waals surface area contributed by atoms with E-state index in [2.05, 4.69) is 43.2 Å².